The van der Waals surface area contributed by atoms with Crippen LogP contribution in [-0.4, -0.2) is 44.4 Å². The van der Waals surface area contributed by atoms with Crippen molar-refractivity contribution in [2.24, 2.45) is 0 Å². The minimum Gasteiger partial charge on any atom is -0.412 e. The van der Waals surface area contributed by atoms with Crippen LogP contribution in [0, 0.1) is 0 Å². The maximum atomic E-state index is 12.9. The van der Waals surface area contributed by atoms with Crippen LogP contribution in [0.25, 0.3) is 0 Å². The third kappa shape index (κ3) is 38.9. The molecule has 0 bridgehead atoms. The Morgan fingerprint density at radius 1 is 0.480 bits per heavy atom. The second-order valence-corrected chi connectivity index (χ2v) is 14.8. The van der Waals surface area contributed by atoms with Crippen molar-refractivity contribution in [3.8, 4) is 0 Å². The standard InChI is InChI=1S/C40H76O3.C3H8O.2H2O.Ti/c1-5-7-9-11-13-15-17-19-21-23-25-27-29-31-33-35-38(41)40(43,37(3)4)39(42)36-34-32-30-28-26-24-22-20-18-16-14-12-10-8-6-2;1-3(2)4;;;/h43H,3,5-36H2,1-2,4H3;3-4H,1-2H3;2*1H2;. The van der Waals surface area contributed by atoms with Crippen LogP contribution in [0.2, 0.25) is 0 Å². The Hall–Kier alpha value is -0.366. The van der Waals surface area contributed by atoms with Crippen molar-refractivity contribution in [2.45, 2.75) is 252 Å². The first kappa shape index (κ1) is 58.9. The Morgan fingerprint density at radius 2 is 0.640 bits per heavy atom. The number of aliphatic hydroxyl groups is 2. The predicted molar refractivity (Wildman–Crippen MR) is 213 cm³/mol. The van der Waals surface area contributed by atoms with Crippen LogP contribution in [0.5, 0.6) is 0 Å². The number of rotatable bonds is 35. The molecule has 7 heteroatoms. The first-order valence-electron chi connectivity index (χ1n) is 20.8. The van der Waals surface area contributed by atoms with Crippen LogP contribution in [0.15, 0.2) is 12.2 Å². The molecular weight excluding hydrogens is 660 g/mol. The van der Waals surface area contributed by atoms with Crippen molar-refractivity contribution in [3.63, 3.8) is 0 Å². The zero-order chi connectivity index (χ0) is 35.4. The maximum absolute atomic E-state index is 12.9. The Balaban J connectivity index is -0.000000910. The van der Waals surface area contributed by atoms with Crippen LogP contribution in [-0.2, 0) is 31.3 Å². The Morgan fingerprint density at radius 3 is 0.800 bits per heavy atom. The first-order chi connectivity index (χ1) is 22.6. The van der Waals surface area contributed by atoms with Gasteiger partial charge in [0, 0.05) is 40.7 Å². The summed E-state index contributed by atoms with van der Waals surface area (Å²) in [4.78, 5) is 25.8. The summed E-state index contributed by atoms with van der Waals surface area (Å²) in [6, 6.07) is 0. The fourth-order valence-corrected chi connectivity index (χ4v) is 6.31. The third-order valence-corrected chi connectivity index (χ3v) is 9.44. The minimum absolute atomic E-state index is 0. The Labute approximate surface area is 326 Å². The summed E-state index contributed by atoms with van der Waals surface area (Å²) in [6.07, 6.45) is 38.6. The predicted octanol–water partition coefficient (Wildman–Crippen LogP) is 11.7. The van der Waals surface area contributed by atoms with E-state index in [1.54, 1.807) is 20.8 Å². The summed E-state index contributed by atoms with van der Waals surface area (Å²) >= 11 is 0. The molecule has 0 aliphatic heterocycles. The van der Waals surface area contributed by atoms with Gasteiger partial charge in [0.25, 0.3) is 0 Å². The summed E-state index contributed by atoms with van der Waals surface area (Å²) in [6.45, 7) is 13.4. The quantitative estimate of drug-likeness (QED) is 0.0288. The normalized spacial score (nSPS) is 10.8. The van der Waals surface area contributed by atoms with Gasteiger partial charge in [0.05, 0.1) is 0 Å². The second-order valence-electron chi connectivity index (χ2n) is 14.8. The van der Waals surface area contributed by atoms with Gasteiger partial charge < -0.3 is 21.2 Å². The molecule has 0 fully saturated rings. The van der Waals surface area contributed by atoms with E-state index in [1.807, 2.05) is 0 Å². The molecule has 0 saturated carbocycles. The van der Waals surface area contributed by atoms with Crippen molar-refractivity contribution >= 4 is 11.6 Å². The SMILES string of the molecule is C=C(C)C(O)(C(=O)CCCCCCCCCCCCCCCCC)C(=O)CCCCCCCCCCCCCCCCC.CC(C)O.O.O.[Ti]. The molecule has 0 aromatic heterocycles. The van der Waals surface area contributed by atoms with Gasteiger partial charge >= 0.3 is 0 Å². The molecule has 0 saturated heterocycles. The molecule has 0 aromatic rings. The van der Waals surface area contributed by atoms with Gasteiger partial charge in [-0.05, 0) is 39.2 Å². The summed E-state index contributed by atoms with van der Waals surface area (Å²) < 4.78 is 0. The molecule has 50 heavy (non-hydrogen) atoms. The van der Waals surface area contributed by atoms with Crippen LogP contribution >= 0.6 is 0 Å². The molecule has 0 rings (SSSR count). The molecule has 6 N–H and O–H groups in total. The molecule has 300 valence electrons. The Kier molecular flexibility index (Phi) is 52.8. The number of carbonyl (C=O) groups excluding carboxylic acids is 2. The van der Waals surface area contributed by atoms with E-state index in [0.717, 1.165) is 38.5 Å². The van der Waals surface area contributed by atoms with Gasteiger partial charge in [0.2, 0.25) is 5.60 Å². The number of Topliss-reactive ketones (excluding diaryl/α,β-unsaturated/α-hetero) is 2. The van der Waals surface area contributed by atoms with Gasteiger partial charge in [-0.1, -0.05) is 200 Å². The molecule has 0 aliphatic rings. The zero-order valence-electron chi connectivity index (χ0n) is 34.1. The van der Waals surface area contributed by atoms with Crippen molar-refractivity contribution in [1.82, 2.24) is 0 Å². The van der Waals surface area contributed by atoms with Gasteiger partial charge in [-0.3, -0.25) is 9.59 Å². The van der Waals surface area contributed by atoms with E-state index in [1.165, 1.54) is 154 Å². The molecular formula is C43H88O6Ti. The molecule has 6 nitrogen and oxygen atoms in total. The smallest absolute Gasteiger partial charge is 0.202 e. The molecule has 0 aliphatic carbocycles. The monoisotopic (exact) mass is 749 g/mol. The van der Waals surface area contributed by atoms with Crippen molar-refractivity contribution in [2.75, 3.05) is 0 Å². The van der Waals surface area contributed by atoms with Crippen molar-refractivity contribution in [1.29, 1.82) is 0 Å². The summed E-state index contributed by atoms with van der Waals surface area (Å²) in [5.41, 5.74) is -1.70. The fraction of sp³-hybridized carbons (Fsp3) is 0.907. The van der Waals surface area contributed by atoms with E-state index in [9.17, 15) is 14.7 Å². The van der Waals surface area contributed by atoms with Crippen LogP contribution in [0.1, 0.15) is 240 Å². The fourth-order valence-electron chi connectivity index (χ4n) is 6.31. The van der Waals surface area contributed by atoms with Crippen LogP contribution < -0.4 is 0 Å². The number of unbranched alkanes of at least 4 members (excludes halogenated alkanes) is 28. The molecule has 0 atom stereocenters. The van der Waals surface area contributed by atoms with Gasteiger partial charge in [-0.2, -0.15) is 0 Å². The number of aliphatic hydroxyl groups excluding tert-OH is 1. The van der Waals surface area contributed by atoms with Crippen molar-refractivity contribution in [3.05, 3.63) is 12.2 Å². The van der Waals surface area contributed by atoms with Crippen molar-refractivity contribution < 1.29 is 52.5 Å². The number of hydrogen-bond donors (Lipinski definition) is 2. The first-order valence-corrected chi connectivity index (χ1v) is 20.8. The van der Waals surface area contributed by atoms with Gasteiger partial charge in [-0.15, -0.1) is 0 Å². The van der Waals surface area contributed by atoms with E-state index >= 15 is 0 Å². The van der Waals surface area contributed by atoms with E-state index < -0.39 is 5.60 Å². The Bertz CT molecular complexity index is 663. The summed E-state index contributed by atoms with van der Waals surface area (Å²) in [5, 5.41) is 19.1. The average Bonchev–Trinajstić information content (AvgIpc) is 3.03. The number of ketones is 2. The summed E-state index contributed by atoms with van der Waals surface area (Å²) in [5.74, 6) is -0.693. The molecule has 0 spiro atoms. The number of carbonyl (C=O) groups is 2. The van der Waals surface area contributed by atoms with Gasteiger partial charge in [0.15, 0.2) is 11.6 Å². The van der Waals surface area contributed by atoms with E-state index in [-0.39, 0.29) is 68.8 Å². The summed E-state index contributed by atoms with van der Waals surface area (Å²) in [7, 11) is 0. The molecule has 0 aromatic carbocycles. The second kappa shape index (κ2) is 44.8. The molecule has 0 radical (unpaired) electrons. The van der Waals surface area contributed by atoms with Gasteiger partial charge in [-0.25, -0.2) is 0 Å². The molecule has 0 heterocycles. The van der Waals surface area contributed by atoms with Gasteiger partial charge in [0.1, 0.15) is 0 Å². The minimum atomic E-state index is -1.98. The molecule has 0 unspecified atom stereocenters. The number of hydrogen-bond acceptors (Lipinski definition) is 4. The van der Waals surface area contributed by atoms with Crippen LogP contribution in [0.3, 0.4) is 0 Å². The third-order valence-electron chi connectivity index (χ3n) is 9.44. The average molecular weight is 749 g/mol. The molecule has 0 amide bonds. The van der Waals surface area contributed by atoms with Crippen LogP contribution in [0.4, 0.5) is 0 Å². The zero-order valence-corrected chi connectivity index (χ0v) is 35.7. The van der Waals surface area contributed by atoms with E-state index in [0.29, 0.717) is 0 Å². The largest absolute Gasteiger partial charge is 0.412 e. The van der Waals surface area contributed by atoms with E-state index in [2.05, 4.69) is 20.4 Å². The maximum Gasteiger partial charge on any atom is 0.202 e. The topological polar surface area (TPSA) is 138 Å². The van der Waals surface area contributed by atoms with E-state index in [4.69, 9.17) is 5.11 Å².